The standard InChI is InChI=1S/C26H27N3O7/c1-15-4-13-21-22(14-15)26(33)28(25(21)32)27(24(31)18-5-9-19(10-6-18)29(34)35)16(2)23(30)17-7-11-20(36-3)12-8-17/h5-12,15-16,21-22H,4,13-14H2,1-3H3/t15-,16-,21+,22-/m0/s1. The summed E-state index contributed by atoms with van der Waals surface area (Å²) in [6.07, 6.45) is 1.87. The monoisotopic (exact) mass is 493 g/mol. The van der Waals surface area contributed by atoms with E-state index in [1.807, 2.05) is 6.92 Å². The van der Waals surface area contributed by atoms with Gasteiger partial charge >= 0.3 is 0 Å². The number of ether oxygens (including phenoxy) is 1. The van der Waals surface area contributed by atoms with Gasteiger partial charge < -0.3 is 4.74 Å². The van der Waals surface area contributed by atoms with Crippen LogP contribution < -0.4 is 4.74 Å². The molecule has 0 unspecified atom stereocenters. The lowest BCUT2D eigenvalue weighted by Gasteiger charge is -2.34. The summed E-state index contributed by atoms with van der Waals surface area (Å²) in [4.78, 5) is 64.4. The molecule has 0 N–H and O–H groups in total. The van der Waals surface area contributed by atoms with Crippen LogP contribution in [0, 0.1) is 27.9 Å². The summed E-state index contributed by atoms with van der Waals surface area (Å²) in [7, 11) is 1.49. The van der Waals surface area contributed by atoms with Crippen LogP contribution in [0.3, 0.4) is 0 Å². The topological polar surface area (TPSA) is 127 Å². The second-order valence-corrected chi connectivity index (χ2v) is 9.34. The van der Waals surface area contributed by atoms with E-state index in [0.717, 1.165) is 28.6 Å². The number of carbonyl (C=O) groups is 4. The molecule has 0 aromatic heterocycles. The van der Waals surface area contributed by atoms with Gasteiger partial charge in [0.25, 0.3) is 23.4 Å². The molecule has 188 valence electrons. The molecule has 1 aliphatic heterocycles. The SMILES string of the molecule is COc1ccc(C(=O)[C@H](C)N(C(=O)c2ccc([N+](=O)[O-])cc2)N2C(=O)[C@H]3C[C@@H](C)CC[C@H]3C2=O)cc1. The first kappa shape index (κ1) is 25.0. The Labute approximate surface area is 207 Å². The van der Waals surface area contributed by atoms with Gasteiger partial charge in [-0.1, -0.05) is 6.92 Å². The van der Waals surface area contributed by atoms with E-state index >= 15 is 0 Å². The van der Waals surface area contributed by atoms with E-state index in [2.05, 4.69) is 0 Å². The Morgan fingerprint density at radius 2 is 1.58 bits per heavy atom. The summed E-state index contributed by atoms with van der Waals surface area (Å²) in [6, 6.07) is 9.91. The van der Waals surface area contributed by atoms with E-state index in [4.69, 9.17) is 4.74 Å². The number of nitrogens with zero attached hydrogens (tertiary/aromatic N) is 3. The third kappa shape index (κ3) is 4.46. The molecule has 10 nitrogen and oxygen atoms in total. The maximum Gasteiger partial charge on any atom is 0.273 e. The number of hydrogen-bond acceptors (Lipinski definition) is 7. The molecule has 0 spiro atoms. The van der Waals surface area contributed by atoms with Gasteiger partial charge in [-0.25, -0.2) is 5.01 Å². The summed E-state index contributed by atoms with van der Waals surface area (Å²) in [5.74, 6) is -2.52. The number of fused-ring (bicyclic) bond motifs is 1. The lowest BCUT2D eigenvalue weighted by Crippen LogP contribution is -2.56. The third-order valence-corrected chi connectivity index (χ3v) is 7.03. The normalized spacial score (nSPS) is 22.1. The van der Waals surface area contributed by atoms with Gasteiger partial charge in [-0.05, 0) is 68.5 Å². The van der Waals surface area contributed by atoms with Crippen molar-refractivity contribution in [2.75, 3.05) is 7.11 Å². The predicted molar refractivity (Wildman–Crippen MR) is 128 cm³/mol. The van der Waals surface area contributed by atoms with Crippen LogP contribution >= 0.6 is 0 Å². The number of ketones is 1. The molecule has 0 radical (unpaired) electrons. The number of nitro groups is 1. The predicted octanol–water partition coefficient (Wildman–Crippen LogP) is 3.65. The smallest absolute Gasteiger partial charge is 0.273 e. The number of methoxy groups -OCH3 is 1. The van der Waals surface area contributed by atoms with Gasteiger partial charge in [0.2, 0.25) is 0 Å². The average molecular weight is 494 g/mol. The van der Waals surface area contributed by atoms with Crippen LogP contribution in [0.1, 0.15) is 53.8 Å². The van der Waals surface area contributed by atoms with Crippen molar-refractivity contribution >= 4 is 29.2 Å². The van der Waals surface area contributed by atoms with Crippen molar-refractivity contribution in [1.29, 1.82) is 0 Å². The lowest BCUT2D eigenvalue weighted by molar-refractivity contribution is -0.384. The minimum atomic E-state index is -1.20. The van der Waals surface area contributed by atoms with E-state index in [9.17, 15) is 29.3 Å². The van der Waals surface area contributed by atoms with Crippen molar-refractivity contribution in [2.45, 2.75) is 39.2 Å². The van der Waals surface area contributed by atoms with Crippen LogP contribution in [0.4, 0.5) is 5.69 Å². The molecule has 2 aromatic rings. The third-order valence-electron chi connectivity index (χ3n) is 7.03. The van der Waals surface area contributed by atoms with Gasteiger partial charge in [0.15, 0.2) is 5.78 Å². The van der Waals surface area contributed by atoms with Crippen molar-refractivity contribution in [3.63, 3.8) is 0 Å². The number of hydrazine groups is 1. The van der Waals surface area contributed by atoms with Gasteiger partial charge in [-0.2, -0.15) is 5.01 Å². The van der Waals surface area contributed by atoms with E-state index in [-0.39, 0.29) is 22.7 Å². The molecule has 2 aromatic carbocycles. The van der Waals surface area contributed by atoms with Crippen LogP contribution in [-0.4, -0.2) is 51.6 Å². The summed E-state index contributed by atoms with van der Waals surface area (Å²) >= 11 is 0. The zero-order valence-corrected chi connectivity index (χ0v) is 20.2. The van der Waals surface area contributed by atoms with Gasteiger partial charge in [0, 0.05) is 23.3 Å². The van der Waals surface area contributed by atoms with Crippen LogP contribution in [0.2, 0.25) is 0 Å². The Kier molecular flexibility index (Phi) is 6.87. The number of rotatable bonds is 7. The zero-order chi connectivity index (χ0) is 26.1. The molecule has 4 rings (SSSR count). The van der Waals surface area contributed by atoms with Crippen molar-refractivity contribution in [1.82, 2.24) is 10.0 Å². The van der Waals surface area contributed by atoms with E-state index in [1.54, 1.807) is 24.3 Å². The first-order chi connectivity index (χ1) is 17.1. The quantitative estimate of drug-likeness (QED) is 0.249. The number of benzene rings is 2. The van der Waals surface area contributed by atoms with E-state index in [0.29, 0.717) is 18.6 Å². The maximum absolute atomic E-state index is 13.7. The summed E-state index contributed by atoms with van der Waals surface area (Å²) in [5.41, 5.74) is 0.0718. The minimum absolute atomic E-state index is 0.0128. The number of hydrogen-bond donors (Lipinski definition) is 0. The van der Waals surface area contributed by atoms with Crippen LogP contribution in [0.15, 0.2) is 48.5 Å². The van der Waals surface area contributed by atoms with E-state index < -0.39 is 46.3 Å². The fourth-order valence-electron chi connectivity index (χ4n) is 4.99. The van der Waals surface area contributed by atoms with Crippen molar-refractivity contribution < 1.29 is 28.8 Å². The molecule has 1 aliphatic carbocycles. The number of non-ortho nitro benzene ring substituents is 1. The van der Waals surface area contributed by atoms with Gasteiger partial charge in [-0.3, -0.25) is 29.3 Å². The zero-order valence-electron chi connectivity index (χ0n) is 20.2. The summed E-state index contributed by atoms with van der Waals surface area (Å²) < 4.78 is 5.13. The first-order valence-electron chi connectivity index (χ1n) is 11.8. The Balaban J connectivity index is 1.73. The molecule has 1 saturated heterocycles. The summed E-state index contributed by atoms with van der Waals surface area (Å²) in [5, 5.41) is 12.8. The molecule has 0 bridgehead atoms. The first-order valence-corrected chi connectivity index (χ1v) is 11.8. The molecule has 3 amide bonds. The van der Waals surface area contributed by atoms with Crippen LogP contribution in [-0.2, 0) is 9.59 Å². The molecule has 1 heterocycles. The maximum atomic E-state index is 13.7. The van der Waals surface area contributed by atoms with Crippen molar-refractivity contribution in [3.05, 3.63) is 69.8 Å². The molecule has 2 fully saturated rings. The fraction of sp³-hybridized carbons (Fsp3) is 0.385. The molecule has 10 heteroatoms. The van der Waals surface area contributed by atoms with E-state index in [1.165, 1.54) is 26.2 Å². The Hall–Kier alpha value is -4.08. The highest BCUT2D eigenvalue weighted by molar-refractivity contribution is 6.10. The second kappa shape index (κ2) is 9.88. The van der Waals surface area contributed by atoms with Crippen molar-refractivity contribution in [2.24, 2.45) is 17.8 Å². The minimum Gasteiger partial charge on any atom is -0.497 e. The van der Waals surface area contributed by atoms with Gasteiger partial charge in [0.1, 0.15) is 11.8 Å². The molecule has 1 saturated carbocycles. The number of imide groups is 1. The number of carbonyl (C=O) groups excluding carboxylic acids is 4. The molecule has 36 heavy (non-hydrogen) atoms. The van der Waals surface area contributed by atoms with Gasteiger partial charge in [-0.15, -0.1) is 0 Å². The van der Waals surface area contributed by atoms with Gasteiger partial charge in [0.05, 0.1) is 23.9 Å². The number of amides is 3. The molecular weight excluding hydrogens is 466 g/mol. The highest BCUT2D eigenvalue weighted by Gasteiger charge is 2.54. The second-order valence-electron chi connectivity index (χ2n) is 9.34. The summed E-state index contributed by atoms with van der Waals surface area (Å²) in [6.45, 7) is 3.48. The highest BCUT2D eigenvalue weighted by Crippen LogP contribution is 2.41. The Bertz CT molecular complexity index is 1210. The largest absolute Gasteiger partial charge is 0.497 e. The Morgan fingerprint density at radius 3 is 2.17 bits per heavy atom. The number of nitro benzene ring substituents is 1. The van der Waals surface area contributed by atoms with Crippen LogP contribution in [0.5, 0.6) is 5.75 Å². The Morgan fingerprint density at radius 1 is 1.00 bits per heavy atom. The van der Waals surface area contributed by atoms with Crippen LogP contribution in [0.25, 0.3) is 0 Å². The highest BCUT2D eigenvalue weighted by atomic mass is 16.6. The fourth-order valence-corrected chi connectivity index (χ4v) is 4.99. The molecule has 4 atom stereocenters. The number of Topliss-reactive ketones (excluding diaryl/α,β-unsaturated/α-hetero) is 1. The lowest BCUT2D eigenvalue weighted by atomic mass is 9.76. The molecule has 2 aliphatic rings. The van der Waals surface area contributed by atoms with Crippen molar-refractivity contribution in [3.8, 4) is 5.75 Å². The molecular formula is C26H27N3O7. The average Bonchev–Trinajstić information content (AvgIpc) is 3.12.